The van der Waals surface area contributed by atoms with Gasteiger partial charge in [-0.1, -0.05) is 36.4 Å². The highest BCUT2D eigenvalue weighted by atomic mass is 14.1. The lowest BCUT2D eigenvalue weighted by Crippen LogP contribution is -1.90. The van der Waals surface area contributed by atoms with Gasteiger partial charge in [0.1, 0.15) is 0 Å². The number of hydrogen-bond donors (Lipinski definition) is 0. The summed E-state index contributed by atoms with van der Waals surface area (Å²) in [5.41, 5.74) is 6.56. The van der Waals surface area contributed by atoms with E-state index in [1.165, 1.54) is 27.8 Å². The van der Waals surface area contributed by atoms with Gasteiger partial charge < -0.3 is 0 Å². The van der Waals surface area contributed by atoms with Crippen LogP contribution in [0.15, 0.2) is 36.4 Å². The second kappa shape index (κ2) is 3.90. The standard InChI is InChI=1S/C15H15/c1-11-9-10-15(13(3)12(11)2)14-7-5-4-6-8-14/h4-7,9-10H,1-3H3. The fraction of sp³-hybridized carbons (Fsp3) is 0.200. The van der Waals surface area contributed by atoms with Gasteiger partial charge in [0, 0.05) is 0 Å². The summed E-state index contributed by atoms with van der Waals surface area (Å²) in [5.74, 6) is 0. The molecule has 0 N–H and O–H groups in total. The second-order valence-electron chi connectivity index (χ2n) is 3.96. The maximum atomic E-state index is 3.27. The molecule has 0 amide bonds. The van der Waals surface area contributed by atoms with Gasteiger partial charge in [0.15, 0.2) is 0 Å². The summed E-state index contributed by atoms with van der Waals surface area (Å²) in [6.45, 7) is 6.51. The van der Waals surface area contributed by atoms with Crippen LogP contribution in [-0.4, -0.2) is 0 Å². The highest BCUT2D eigenvalue weighted by molar-refractivity contribution is 5.68. The molecule has 0 bridgehead atoms. The van der Waals surface area contributed by atoms with Gasteiger partial charge in [-0.2, -0.15) is 0 Å². The van der Waals surface area contributed by atoms with Gasteiger partial charge in [-0.05, 0) is 54.7 Å². The molecule has 15 heavy (non-hydrogen) atoms. The Hall–Kier alpha value is -1.56. The monoisotopic (exact) mass is 195 g/mol. The Kier molecular flexibility index (Phi) is 2.59. The number of aryl methyl sites for hydroxylation is 1. The maximum absolute atomic E-state index is 3.27. The molecule has 0 heterocycles. The molecule has 2 aromatic rings. The summed E-state index contributed by atoms with van der Waals surface area (Å²) in [5, 5.41) is 0. The van der Waals surface area contributed by atoms with Crippen molar-refractivity contribution in [2.24, 2.45) is 0 Å². The first-order chi connectivity index (χ1) is 7.20. The molecule has 0 aliphatic heterocycles. The minimum atomic E-state index is 1.18. The predicted octanol–water partition coefficient (Wildman–Crippen LogP) is 4.08. The van der Waals surface area contributed by atoms with Crippen LogP contribution in [-0.2, 0) is 0 Å². The van der Waals surface area contributed by atoms with Crippen LogP contribution in [0.3, 0.4) is 0 Å². The molecule has 0 aliphatic carbocycles. The average Bonchev–Trinajstić information content (AvgIpc) is 2.27. The van der Waals surface area contributed by atoms with Crippen molar-refractivity contribution in [2.45, 2.75) is 20.8 Å². The highest BCUT2D eigenvalue weighted by Crippen LogP contribution is 2.26. The zero-order valence-corrected chi connectivity index (χ0v) is 9.46. The minimum Gasteiger partial charge on any atom is -0.0616 e. The Morgan fingerprint density at radius 2 is 1.67 bits per heavy atom. The molecule has 2 rings (SSSR count). The van der Waals surface area contributed by atoms with E-state index >= 15 is 0 Å². The topological polar surface area (TPSA) is 0 Å². The van der Waals surface area contributed by atoms with E-state index < -0.39 is 0 Å². The average molecular weight is 195 g/mol. The van der Waals surface area contributed by atoms with Crippen LogP contribution in [0.1, 0.15) is 16.7 Å². The van der Waals surface area contributed by atoms with Gasteiger partial charge in [-0.25, -0.2) is 0 Å². The summed E-state index contributed by atoms with van der Waals surface area (Å²) in [6.07, 6.45) is 0. The molecule has 2 aromatic carbocycles. The van der Waals surface area contributed by atoms with Gasteiger partial charge >= 0.3 is 0 Å². The molecule has 0 heteroatoms. The van der Waals surface area contributed by atoms with Crippen molar-refractivity contribution in [3.05, 3.63) is 59.2 Å². The van der Waals surface area contributed by atoms with E-state index in [1.807, 2.05) is 12.1 Å². The number of hydrogen-bond acceptors (Lipinski definition) is 0. The normalized spacial score (nSPS) is 10.3. The molecule has 0 aromatic heterocycles. The Balaban J connectivity index is 2.60. The third-order valence-corrected chi connectivity index (χ3v) is 3.06. The quantitative estimate of drug-likeness (QED) is 0.643. The number of rotatable bonds is 1. The molecule has 0 nitrogen and oxygen atoms in total. The molecular weight excluding hydrogens is 180 g/mol. The predicted molar refractivity (Wildman–Crippen MR) is 64.9 cm³/mol. The summed E-state index contributed by atoms with van der Waals surface area (Å²) >= 11 is 0. The molecule has 0 aliphatic rings. The summed E-state index contributed by atoms with van der Waals surface area (Å²) < 4.78 is 0. The fourth-order valence-electron chi connectivity index (χ4n) is 1.81. The molecule has 75 valence electrons. The van der Waals surface area contributed by atoms with Crippen molar-refractivity contribution in [1.29, 1.82) is 0 Å². The van der Waals surface area contributed by atoms with Crippen LogP contribution in [0.2, 0.25) is 0 Å². The van der Waals surface area contributed by atoms with Crippen LogP contribution >= 0.6 is 0 Å². The molecule has 0 atom stereocenters. The van der Waals surface area contributed by atoms with Crippen LogP contribution < -0.4 is 0 Å². The van der Waals surface area contributed by atoms with E-state index in [2.05, 4.69) is 51.1 Å². The van der Waals surface area contributed by atoms with Crippen LogP contribution in [0, 0.1) is 26.8 Å². The van der Waals surface area contributed by atoms with E-state index in [0.717, 1.165) is 0 Å². The summed E-state index contributed by atoms with van der Waals surface area (Å²) in [4.78, 5) is 0. The summed E-state index contributed by atoms with van der Waals surface area (Å²) in [7, 11) is 0. The molecule has 0 unspecified atom stereocenters. The largest absolute Gasteiger partial charge is 0.0616 e. The van der Waals surface area contributed by atoms with Crippen LogP contribution in [0.25, 0.3) is 11.1 Å². The van der Waals surface area contributed by atoms with Crippen molar-refractivity contribution in [3.63, 3.8) is 0 Å². The number of benzene rings is 2. The third kappa shape index (κ3) is 1.80. The zero-order chi connectivity index (χ0) is 10.8. The van der Waals surface area contributed by atoms with Crippen LogP contribution in [0.4, 0.5) is 0 Å². The first-order valence-corrected chi connectivity index (χ1v) is 5.24. The zero-order valence-electron chi connectivity index (χ0n) is 9.46. The second-order valence-corrected chi connectivity index (χ2v) is 3.96. The molecule has 0 fully saturated rings. The van der Waals surface area contributed by atoms with Gasteiger partial charge in [0.25, 0.3) is 0 Å². The molecule has 0 saturated heterocycles. The lowest BCUT2D eigenvalue weighted by Gasteiger charge is -2.10. The van der Waals surface area contributed by atoms with Crippen molar-refractivity contribution in [2.75, 3.05) is 0 Å². The van der Waals surface area contributed by atoms with Gasteiger partial charge in [-0.3, -0.25) is 0 Å². The Morgan fingerprint density at radius 1 is 0.867 bits per heavy atom. The fourth-order valence-corrected chi connectivity index (χ4v) is 1.81. The molecule has 0 spiro atoms. The Bertz CT molecular complexity index is 467. The first-order valence-electron chi connectivity index (χ1n) is 5.24. The van der Waals surface area contributed by atoms with E-state index in [-0.39, 0.29) is 0 Å². The third-order valence-electron chi connectivity index (χ3n) is 3.06. The minimum absolute atomic E-state index is 1.18. The van der Waals surface area contributed by atoms with E-state index in [0.29, 0.717) is 0 Å². The molecule has 0 saturated carbocycles. The van der Waals surface area contributed by atoms with Crippen LogP contribution in [0.5, 0.6) is 0 Å². The van der Waals surface area contributed by atoms with Gasteiger partial charge in [-0.15, -0.1) is 0 Å². The smallest absolute Gasteiger partial charge is 0.00991 e. The van der Waals surface area contributed by atoms with Crippen molar-refractivity contribution in [1.82, 2.24) is 0 Å². The van der Waals surface area contributed by atoms with E-state index in [4.69, 9.17) is 0 Å². The highest BCUT2D eigenvalue weighted by Gasteiger charge is 2.04. The Morgan fingerprint density at radius 3 is 2.33 bits per heavy atom. The van der Waals surface area contributed by atoms with E-state index in [1.54, 1.807) is 0 Å². The molecule has 1 radical (unpaired) electrons. The van der Waals surface area contributed by atoms with Crippen molar-refractivity contribution in [3.8, 4) is 11.1 Å². The Labute approximate surface area is 91.6 Å². The lowest BCUT2D eigenvalue weighted by atomic mass is 9.94. The SMILES string of the molecule is Cc1ccc(-c2[c]cccc2)c(C)c1C. The van der Waals surface area contributed by atoms with Crippen molar-refractivity contribution >= 4 is 0 Å². The lowest BCUT2D eigenvalue weighted by molar-refractivity contribution is 1.27. The van der Waals surface area contributed by atoms with Gasteiger partial charge in [0.05, 0.1) is 0 Å². The van der Waals surface area contributed by atoms with Crippen molar-refractivity contribution < 1.29 is 0 Å². The van der Waals surface area contributed by atoms with Gasteiger partial charge in [0.2, 0.25) is 0 Å². The first kappa shape index (κ1) is 9.97. The molecular formula is C15H15. The van der Waals surface area contributed by atoms with E-state index in [9.17, 15) is 0 Å². The maximum Gasteiger partial charge on any atom is -0.00991 e. The summed E-state index contributed by atoms with van der Waals surface area (Å²) in [6, 6.07) is 15.8.